The van der Waals surface area contributed by atoms with E-state index in [0.717, 1.165) is 5.56 Å². The number of aromatic amines is 1. The van der Waals surface area contributed by atoms with Gasteiger partial charge in [-0.1, -0.05) is 30.3 Å². The van der Waals surface area contributed by atoms with Crippen molar-refractivity contribution in [3.05, 3.63) is 53.9 Å². The third kappa shape index (κ3) is 1.99. The normalized spacial score (nSPS) is 30.6. The average Bonchev–Trinajstić information content (AvgIpc) is 3.38. The molecule has 0 saturated carbocycles. The molecule has 3 saturated heterocycles. The van der Waals surface area contributed by atoms with Gasteiger partial charge in [0.2, 0.25) is 5.91 Å². The molecule has 1 spiro atoms. The molecule has 128 valence electrons. The highest BCUT2D eigenvalue weighted by molar-refractivity contribution is 5.94. The van der Waals surface area contributed by atoms with E-state index >= 15 is 0 Å². The number of rotatable bonds is 2. The van der Waals surface area contributed by atoms with Gasteiger partial charge in [0, 0.05) is 19.2 Å². The second-order valence-corrected chi connectivity index (χ2v) is 6.81. The number of aromatic nitrogens is 2. The van der Waals surface area contributed by atoms with Crippen molar-refractivity contribution < 1.29 is 14.3 Å². The molecule has 1 aromatic heterocycles. The van der Waals surface area contributed by atoms with Crippen molar-refractivity contribution in [1.29, 1.82) is 0 Å². The summed E-state index contributed by atoms with van der Waals surface area (Å²) in [6.45, 7) is 1.12. The molecule has 3 aliphatic rings. The van der Waals surface area contributed by atoms with Crippen molar-refractivity contribution in [1.82, 2.24) is 20.0 Å². The fourth-order valence-electron chi connectivity index (χ4n) is 4.44. The average molecular weight is 338 g/mol. The molecule has 4 heterocycles. The lowest BCUT2D eigenvalue weighted by molar-refractivity contribution is -0.138. The van der Waals surface area contributed by atoms with E-state index in [2.05, 4.69) is 10.2 Å². The monoisotopic (exact) mass is 338 g/mol. The van der Waals surface area contributed by atoms with Crippen molar-refractivity contribution in [2.75, 3.05) is 13.1 Å². The maximum absolute atomic E-state index is 12.8. The summed E-state index contributed by atoms with van der Waals surface area (Å²) in [7, 11) is 0. The van der Waals surface area contributed by atoms with Crippen LogP contribution in [0.1, 0.15) is 35.0 Å². The lowest BCUT2D eigenvalue weighted by atomic mass is 10.1. The molecule has 1 N–H and O–H groups in total. The van der Waals surface area contributed by atoms with Crippen molar-refractivity contribution >= 4 is 11.8 Å². The van der Waals surface area contributed by atoms with Crippen LogP contribution in [0.4, 0.5) is 0 Å². The zero-order valence-corrected chi connectivity index (χ0v) is 13.6. The van der Waals surface area contributed by atoms with Gasteiger partial charge in [0.05, 0.1) is 19.0 Å². The molecule has 3 aliphatic heterocycles. The summed E-state index contributed by atoms with van der Waals surface area (Å²) in [5.74, 6) is -0.0636. The first-order valence-electron chi connectivity index (χ1n) is 8.53. The number of ether oxygens (including phenoxy) is 1. The Morgan fingerprint density at radius 1 is 1.28 bits per heavy atom. The van der Waals surface area contributed by atoms with Crippen LogP contribution in [0.5, 0.6) is 0 Å². The number of nitrogens with zero attached hydrogens (tertiary/aromatic N) is 3. The molecule has 2 amide bonds. The molecular formula is C18H18N4O3. The van der Waals surface area contributed by atoms with Gasteiger partial charge in [-0.05, 0) is 11.6 Å². The van der Waals surface area contributed by atoms with Gasteiger partial charge in [-0.2, -0.15) is 5.10 Å². The SMILES string of the molecule is O=C(c1ccn[nH]1)N1CC[C@@]23O[C@@H](c4ccccc4)CN2C(=O)C[C@@H]13. The molecule has 1 aromatic carbocycles. The predicted octanol–water partition coefficient (Wildman–Crippen LogP) is 1.32. The first-order valence-corrected chi connectivity index (χ1v) is 8.53. The number of carbonyl (C=O) groups is 2. The number of nitrogens with one attached hydrogen (secondary N) is 1. The van der Waals surface area contributed by atoms with Gasteiger partial charge in [0.1, 0.15) is 11.8 Å². The molecule has 0 unspecified atom stereocenters. The summed E-state index contributed by atoms with van der Waals surface area (Å²) in [4.78, 5) is 29.0. The lowest BCUT2D eigenvalue weighted by Crippen LogP contribution is -2.48. The van der Waals surface area contributed by atoms with Crippen LogP contribution in [0.3, 0.4) is 0 Å². The molecule has 7 heteroatoms. The highest BCUT2D eigenvalue weighted by Crippen LogP contribution is 2.50. The molecule has 25 heavy (non-hydrogen) atoms. The van der Waals surface area contributed by atoms with Crippen LogP contribution in [-0.4, -0.2) is 56.7 Å². The van der Waals surface area contributed by atoms with E-state index in [-0.39, 0.29) is 24.0 Å². The Hall–Kier alpha value is -2.67. The molecule has 5 rings (SSSR count). The van der Waals surface area contributed by atoms with E-state index in [1.165, 1.54) is 0 Å². The summed E-state index contributed by atoms with van der Waals surface area (Å²) in [5.41, 5.74) is 0.824. The molecule has 3 fully saturated rings. The van der Waals surface area contributed by atoms with Gasteiger partial charge in [0.15, 0.2) is 5.72 Å². The van der Waals surface area contributed by atoms with Gasteiger partial charge in [-0.15, -0.1) is 0 Å². The third-order valence-corrected chi connectivity index (χ3v) is 5.59. The zero-order chi connectivity index (χ0) is 17.0. The van der Waals surface area contributed by atoms with Crippen LogP contribution < -0.4 is 0 Å². The minimum absolute atomic E-state index is 0.0607. The molecule has 0 aliphatic carbocycles. The topological polar surface area (TPSA) is 78.5 Å². The molecule has 2 aromatic rings. The molecule has 0 radical (unpaired) electrons. The zero-order valence-electron chi connectivity index (χ0n) is 13.6. The van der Waals surface area contributed by atoms with E-state index in [1.54, 1.807) is 17.2 Å². The lowest BCUT2D eigenvalue weighted by Gasteiger charge is -2.31. The van der Waals surface area contributed by atoms with E-state index in [1.807, 2.05) is 35.2 Å². The Morgan fingerprint density at radius 3 is 2.88 bits per heavy atom. The number of hydrogen-bond donors (Lipinski definition) is 1. The first kappa shape index (κ1) is 14.7. The highest BCUT2D eigenvalue weighted by Gasteiger charge is 2.65. The smallest absolute Gasteiger partial charge is 0.272 e. The van der Waals surface area contributed by atoms with E-state index in [4.69, 9.17) is 4.74 Å². The molecule has 3 atom stereocenters. The number of likely N-dealkylation sites (tertiary alicyclic amines) is 1. The summed E-state index contributed by atoms with van der Waals surface area (Å²) in [6, 6.07) is 11.4. The fourth-order valence-corrected chi connectivity index (χ4v) is 4.44. The number of H-pyrrole nitrogens is 1. The maximum atomic E-state index is 12.8. The number of amides is 2. The Morgan fingerprint density at radius 2 is 2.12 bits per heavy atom. The maximum Gasteiger partial charge on any atom is 0.272 e. The van der Waals surface area contributed by atoms with Crippen molar-refractivity contribution in [3.8, 4) is 0 Å². The van der Waals surface area contributed by atoms with Gasteiger partial charge in [-0.25, -0.2) is 0 Å². The van der Waals surface area contributed by atoms with Crippen molar-refractivity contribution in [2.45, 2.75) is 30.7 Å². The van der Waals surface area contributed by atoms with Crippen LogP contribution >= 0.6 is 0 Å². The van der Waals surface area contributed by atoms with Crippen LogP contribution in [-0.2, 0) is 9.53 Å². The third-order valence-electron chi connectivity index (χ3n) is 5.59. The molecule has 0 bridgehead atoms. The quantitative estimate of drug-likeness (QED) is 0.896. The summed E-state index contributed by atoms with van der Waals surface area (Å²) in [5, 5.41) is 6.57. The molecule has 7 nitrogen and oxygen atoms in total. The Labute approximate surface area is 144 Å². The Bertz CT molecular complexity index is 822. The van der Waals surface area contributed by atoms with Crippen LogP contribution in [0.15, 0.2) is 42.6 Å². The van der Waals surface area contributed by atoms with Gasteiger partial charge in [0.25, 0.3) is 5.91 Å². The van der Waals surface area contributed by atoms with Crippen molar-refractivity contribution in [2.24, 2.45) is 0 Å². The van der Waals surface area contributed by atoms with Crippen molar-refractivity contribution in [3.63, 3.8) is 0 Å². The number of carbonyl (C=O) groups excluding carboxylic acids is 2. The van der Waals surface area contributed by atoms with Gasteiger partial charge >= 0.3 is 0 Å². The predicted molar refractivity (Wildman–Crippen MR) is 87.4 cm³/mol. The second-order valence-electron chi connectivity index (χ2n) is 6.81. The summed E-state index contributed by atoms with van der Waals surface area (Å²) < 4.78 is 6.44. The van der Waals surface area contributed by atoms with E-state index in [0.29, 0.717) is 31.6 Å². The van der Waals surface area contributed by atoms with E-state index in [9.17, 15) is 9.59 Å². The summed E-state index contributed by atoms with van der Waals surface area (Å²) >= 11 is 0. The van der Waals surface area contributed by atoms with Gasteiger partial charge in [-0.3, -0.25) is 14.7 Å². The fraction of sp³-hybridized carbons (Fsp3) is 0.389. The first-order chi connectivity index (χ1) is 12.2. The largest absolute Gasteiger partial charge is 0.343 e. The highest BCUT2D eigenvalue weighted by atomic mass is 16.5. The van der Waals surface area contributed by atoms with Crippen LogP contribution in [0, 0.1) is 0 Å². The second kappa shape index (κ2) is 5.16. The number of hydrogen-bond acceptors (Lipinski definition) is 4. The van der Waals surface area contributed by atoms with Gasteiger partial charge < -0.3 is 14.5 Å². The number of benzene rings is 1. The van der Waals surface area contributed by atoms with E-state index < -0.39 is 5.72 Å². The molecular weight excluding hydrogens is 320 g/mol. The Kier molecular flexibility index (Phi) is 3.03. The standard InChI is InChI=1S/C18H18N4O3/c23-16-10-15-18(7-9-21(15)17(24)13-6-8-19-20-13)22(16)11-14(25-18)12-4-2-1-3-5-12/h1-6,8,14-15H,7,9-11H2,(H,19,20)/t14-,15-,18+/m1/s1. The minimum atomic E-state index is -0.687. The minimum Gasteiger partial charge on any atom is -0.343 e. The summed E-state index contributed by atoms with van der Waals surface area (Å²) in [6.07, 6.45) is 2.38. The van der Waals surface area contributed by atoms with Crippen LogP contribution in [0.2, 0.25) is 0 Å². The Balaban J connectivity index is 1.46. The van der Waals surface area contributed by atoms with Crippen LogP contribution in [0.25, 0.3) is 0 Å².